The summed E-state index contributed by atoms with van der Waals surface area (Å²) in [5.74, 6) is 2.55. The molecule has 0 aromatic carbocycles. The van der Waals surface area contributed by atoms with Crippen LogP contribution in [0.2, 0.25) is 0 Å². The monoisotopic (exact) mass is 328 g/mol. The van der Waals surface area contributed by atoms with Crippen molar-refractivity contribution in [2.75, 3.05) is 30.8 Å². The van der Waals surface area contributed by atoms with Gasteiger partial charge in [0.1, 0.15) is 11.6 Å². The van der Waals surface area contributed by atoms with Crippen LogP contribution < -0.4 is 11.1 Å². The SMILES string of the molecule is Cc1nccn1CC1(CNc2cc(C3CCOC3)nc(N)n2)CC1. The van der Waals surface area contributed by atoms with Gasteiger partial charge in [-0.25, -0.2) is 9.97 Å². The molecule has 0 amide bonds. The van der Waals surface area contributed by atoms with Crippen molar-refractivity contribution in [3.63, 3.8) is 0 Å². The predicted molar refractivity (Wildman–Crippen MR) is 91.7 cm³/mol. The molecular weight excluding hydrogens is 304 g/mol. The lowest BCUT2D eigenvalue weighted by atomic mass is 10.0. The van der Waals surface area contributed by atoms with Gasteiger partial charge < -0.3 is 20.4 Å². The van der Waals surface area contributed by atoms with E-state index in [1.54, 1.807) is 0 Å². The van der Waals surface area contributed by atoms with E-state index in [2.05, 4.69) is 31.0 Å². The van der Waals surface area contributed by atoms with Gasteiger partial charge >= 0.3 is 0 Å². The summed E-state index contributed by atoms with van der Waals surface area (Å²) in [5.41, 5.74) is 7.17. The van der Waals surface area contributed by atoms with Gasteiger partial charge in [0, 0.05) is 49.5 Å². The van der Waals surface area contributed by atoms with Gasteiger partial charge in [0.2, 0.25) is 5.95 Å². The van der Waals surface area contributed by atoms with Gasteiger partial charge in [-0.15, -0.1) is 0 Å². The molecule has 1 atom stereocenters. The summed E-state index contributed by atoms with van der Waals surface area (Å²) < 4.78 is 7.68. The van der Waals surface area contributed by atoms with Gasteiger partial charge in [-0.2, -0.15) is 4.98 Å². The Labute approximate surface area is 141 Å². The largest absolute Gasteiger partial charge is 0.381 e. The van der Waals surface area contributed by atoms with Gasteiger partial charge in [-0.1, -0.05) is 0 Å². The maximum atomic E-state index is 5.90. The normalized spacial score (nSPS) is 21.8. The summed E-state index contributed by atoms with van der Waals surface area (Å²) in [6.45, 7) is 5.45. The number of aromatic nitrogens is 4. The maximum Gasteiger partial charge on any atom is 0.222 e. The van der Waals surface area contributed by atoms with Crippen LogP contribution in [0.4, 0.5) is 11.8 Å². The minimum Gasteiger partial charge on any atom is -0.381 e. The average molecular weight is 328 g/mol. The highest BCUT2D eigenvalue weighted by Gasteiger charge is 2.43. The molecule has 1 saturated carbocycles. The lowest BCUT2D eigenvalue weighted by Crippen LogP contribution is -2.22. The standard InChI is InChI=1S/C17H24N6O/c1-12-19-5-6-23(12)11-17(3-4-17)10-20-15-8-14(21-16(18)22-15)13-2-7-24-9-13/h5-6,8,13H,2-4,7,9-11H2,1H3,(H3,18,20,21,22). The van der Waals surface area contributed by atoms with Crippen molar-refractivity contribution in [3.8, 4) is 0 Å². The maximum absolute atomic E-state index is 5.90. The quantitative estimate of drug-likeness (QED) is 0.842. The molecule has 4 rings (SSSR count). The molecule has 1 aliphatic heterocycles. The highest BCUT2D eigenvalue weighted by Crippen LogP contribution is 2.47. The molecule has 2 aromatic heterocycles. The number of nitrogens with two attached hydrogens (primary N) is 1. The van der Waals surface area contributed by atoms with E-state index >= 15 is 0 Å². The molecule has 1 saturated heterocycles. The molecule has 3 heterocycles. The molecule has 1 unspecified atom stereocenters. The number of anilines is 2. The summed E-state index contributed by atoms with van der Waals surface area (Å²) in [6, 6.07) is 2.02. The van der Waals surface area contributed by atoms with Gasteiger partial charge in [0.15, 0.2) is 0 Å². The van der Waals surface area contributed by atoms with Crippen LogP contribution in [0.25, 0.3) is 0 Å². The number of hydrogen-bond acceptors (Lipinski definition) is 6. The Morgan fingerprint density at radius 1 is 1.42 bits per heavy atom. The van der Waals surface area contributed by atoms with E-state index in [1.165, 1.54) is 12.8 Å². The van der Waals surface area contributed by atoms with Crippen molar-refractivity contribution < 1.29 is 4.74 Å². The van der Waals surface area contributed by atoms with E-state index in [0.717, 1.165) is 50.1 Å². The van der Waals surface area contributed by atoms with Gasteiger partial charge in [-0.05, 0) is 26.2 Å². The van der Waals surface area contributed by atoms with Crippen LogP contribution in [0.1, 0.15) is 36.7 Å². The minimum absolute atomic E-state index is 0.293. The molecule has 24 heavy (non-hydrogen) atoms. The number of nitrogen functional groups attached to an aromatic ring is 1. The zero-order valence-electron chi connectivity index (χ0n) is 14.0. The zero-order valence-corrected chi connectivity index (χ0v) is 14.0. The van der Waals surface area contributed by atoms with Crippen molar-refractivity contribution in [3.05, 3.63) is 30.0 Å². The number of rotatable bonds is 6. The van der Waals surface area contributed by atoms with E-state index in [0.29, 0.717) is 17.3 Å². The highest BCUT2D eigenvalue weighted by atomic mass is 16.5. The Balaban J connectivity index is 1.43. The zero-order chi connectivity index (χ0) is 16.6. The van der Waals surface area contributed by atoms with Crippen LogP contribution in [-0.2, 0) is 11.3 Å². The first-order chi connectivity index (χ1) is 11.6. The lowest BCUT2D eigenvalue weighted by Gasteiger charge is -2.18. The molecule has 2 aliphatic rings. The lowest BCUT2D eigenvalue weighted by molar-refractivity contribution is 0.193. The average Bonchev–Trinajstić information content (AvgIpc) is 2.96. The van der Waals surface area contributed by atoms with Crippen molar-refractivity contribution in [2.45, 2.75) is 38.6 Å². The van der Waals surface area contributed by atoms with E-state index in [1.807, 2.05) is 19.2 Å². The third kappa shape index (κ3) is 3.21. The van der Waals surface area contributed by atoms with Crippen LogP contribution in [0.15, 0.2) is 18.5 Å². The van der Waals surface area contributed by atoms with Crippen molar-refractivity contribution >= 4 is 11.8 Å². The molecule has 7 heteroatoms. The number of ether oxygens (including phenoxy) is 1. The van der Waals surface area contributed by atoms with Gasteiger partial charge in [-0.3, -0.25) is 0 Å². The fourth-order valence-corrected chi connectivity index (χ4v) is 3.33. The van der Waals surface area contributed by atoms with Crippen LogP contribution in [0.5, 0.6) is 0 Å². The van der Waals surface area contributed by atoms with Crippen molar-refractivity contribution in [2.24, 2.45) is 5.41 Å². The number of hydrogen-bond donors (Lipinski definition) is 2. The van der Waals surface area contributed by atoms with E-state index in [4.69, 9.17) is 10.5 Å². The second kappa shape index (κ2) is 6.05. The molecular formula is C17H24N6O. The van der Waals surface area contributed by atoms with Crippen LogP contribution >= 0.6 is 0 Å². The molecule has 7 nitrogen and oxygen atoms in total. The molecule has 0 spiro atoms. The third-order valence-electron chi connectivity index (χ3n) is 5.14. The molecule has 0 radical (unpaired) electrons. The molecule has 1 aliphatic carbocycles. The molecule has 2 fully saturated rings. The Morgan fingerprint density at radius 3 is 2.96 bits per heavy atom. The summed E-state index contributed by atoms with van der Waals surface area (Å²) >= 11 is 0. The fraction of sp³-hybridized carbons (Fsp3) is 0.588. The number of nitrogens with one attached hydrogen (secondary N) is 1. The van der Waals surface area contributed by atoms with Gasteiger partial charge in [0.05, 0.1) is 12.3 Å². The van der Waals surface area contributed by atoms with Crippen molar-refractivity contribution in [1.29, 1.82) is 0 Å². The second-order valence-corrected chi connectivity index (χ2v) is 7.05. The molecule has 128 valence electrons. The molecule has 3 N–H and O–H groups in total. The number of nitrogens with zero attached hydrogens (tertiary/aromatic N) is 4. The summed E-state index contributed by atoms with van der Waals surface area (Å²) in [4.78, 5) is 13.0. The molecule has 2 aromatic rings. The van der Waals surface area contributed by atoms with Crippen LogP contribution in [-0.4, -0.2) is 39.3 Å². The summed E-state index contributed by atoms with van der Waals surface area (Å²) in [5, 5.41) is 3.48. The van der Waals surface area contributed by atoms with Gasteiger partial charge in [0.25, 0.3) is 0 Å². The summed E-state index contributed by atoms with van der Waals surface area (Å²) in [6.07, 6.45) is 7.36. The topological polar surface area (TPSA) is 90.9 Å². The first-order valence-electron chi connectivity index (χ1n) is 8.57. The number of aryl methyl sites for hydroxylation is 1. The fourth-order valence-electron chi connectivity index (χ4n) is 3.33. The minimum atomic E-state index is 0.293. The van der Waals surface area contributed by atoms with Crippen LogP contribution in [0.3, 0.4) is 0 Å². The van der Waals surface area contributed by atoms with E-state index < -0.39 is 0 Å². The Hall–Kier alpha value is -2.15. The first-order valence-corrected chi connectivity index (χ1v) is 8.57. The smallest absolute Gasteiger partial charge is 0.222 e. The molecule has 0 bridgehead atoms. The van der Waals surface area contributed by atoms with E-state index in [9.17, 15) is 0 Å². The number of imidazole rings is 1. The Bertz CT molecular complexity index is 718. The second-order valence-electron chi connectivity index (χ2n) is 7.05. The first kappa shape index (κ1) is 15.4. The van der Waals surface area contributed by atoms with Crippen LogP contribution in [0, 0.1) is 12.3 Å². The third-order valence-corrected chi connectivity index (χ3v) is 5.14. The highest BCUT2D eigenvalue weighted by molar-refractivity contribution is 5.42. The van der Waals surface area contributed by atoms with E-state index in [-0.39, 0.29) is 0 Å². The summed E-state index contributed by atoms with van der Waals surface area (Å²) in [7, 11) is 0. The van der Waals surface area contributed by atoms with Crippen molar-refractivity contribution in [1.82, 2.24) is 19.5 Å². The Morgan fingerprint density at radius 2 is 2.29 bits per heavy atom. The Kier molecular flexibility index (Phi) is 3.88. The predicted octanol–water partition coefficient (Wildman–Crippen LogP) is 1.96.